The molecular formula is C44H34N4. The van der Waals surface area contributed by atoms with Crippen LogP contribution in [0.2, 0.25) is 0 Å². The van der Waals surface area contributed by atoms with Gasteiger partial charge < -0.3 is 9.47 Å². The normalized spacial score (nSPS) is 20.7. The summed E-state index contributed by atoms with van der Waals surface area (Å²) in [6.45, 7) is 0. The molecule has 48 heavy (non-hydrogen) atoms. The predicted molar refractivity (Wildman–Crippen MR) is 194 cm³/mol. The van der Waals surface area contributed by atoms with Crippen LogP contribution in [-0.4, -0.2) is 10.6 Å². The lowest BCUT2D eigenvalue weighted by molar-refractivity contribution is 0.565. The van der Waals surface area contributed by atoms with E-state index < -0.39 is 0 Å². The van der Waals surface area contributed by atoms with E-state index in [9.17, 15) is 10.5 Å². The number of benzene rings is 4. The van der Waals surface area contributed by atoms with E-state index in [1.165, 1.54) is 39.1 Å². The molecule has 4 heteroatoms. The monoisotopic (exact) mass is 618 g/mol. The lowest BCUT2D eigenvalue weighted by Crippen LogP contribution is -2.30. The molecule has 5 aromatic rings. The van der Waals surface area contributed by atoms with Gasteiger partial charge in [-0.1, -0.05) is 78.9 Å². The Morgan fingerprint density at radius 1 is 0.750 bits per heavy atom. The van der Waals surface area contributed by atoms with E-state index >= 15 is 0 Å². The average molecular weight is 619 g/mol. The highest BCUT2D eigenvalue weighted by molar-refractivity contribution is 5.94. The second kappa shape index (κ2) is 11.4. The maximum atomic E-state index is 10.4. The van der Waals surface area contributed by atoms with Crippen LogP contribution in [0.3, 0.4) is 0 Å². The lowest BCUT2D eigenvalue weighted by Gasteiger charge is -2.32. The summed E-state index contributed by atoms with van der Waals surface area (Å²) in [4.78, 5) is 2.56. The first-order valence-electron chi connectivity index (χ1n) is 17.0. The molecule has 4 aromatic carbocycles. The number of rotatable bonds is 4. The molecule has 2 heterocycles. The number of nitriles is 2. The number of allylic oxidation sites excluding steroid dienone is 6. The maximum Gasteiger partial charge on any atom is 0.0994 e. The molecule has 0 amide bonds. The third-order valence-corrected chi connectivity index (χ3v) is 10.8. The molecule has 1 aromatic heterocycles. The molecular weight excluding hydrogens is 585 g/mol. The molecule has 0 fully saturated rings. The first kappa shape index (κ1) is 28.4. The summed E-state index contributed by atoms with van der Waals surface area (Å²) in [6.07, 6.45) is 18.3. The Morgan fingerprint density at radius 2 is 1.65 bits per heavy atom. The molecule has 9 rings (SSSR count). The van der Waals surface area contributed by atoms with Gasteiger partial charge in [-0.05, 0) is 97.3 Å². The van der Waals surface area contributed by atoms with Crippen molar-refractivity contribution in [2.75, 3.05) is 4.90 Å². The Kier molecular flexibility index (Phi) is 6.77. The minimum atomic E-state index is 0.0915. The summed E-state index contributed by atoms with van der Waals surface area (Å²) in [5.74, 6) is 0.506. The van der Waals surface area contributed by atoms with Crippen LogP contribution in [-0.2, 0) is 6.42 Å². The van der Waals surface area contributed by atoms with Gasteiger partial charge in [0.1, 0.15) is 0 Å². The van der Waals surface area contributed by atoms with Crippen molar-refractivity contribution in [3.63, 3.8) is 0 Å². The molecule has 0 saturated heterocycles. The molecule has 0 radical (unpaired) electrons. The summed E-state index contributed by atoms with van der Waals surface area (Å²) in [6, 6.07) is 37.7. The highest BCUT2D eigenvalue weighted by Crippen LogP contribution is 2.50. The molecule has 0 spiro atoms. The summed E-state index contributed by atoms with van der Waals surface area (Å²) >= 11 is 0. The van der Waals surface area contributed by atoms with E-state index in [2.05, 4.69) is 131 Å². The average Bonchev–Trinajstić information content (AvgIpc) is 3.67. The lowest BCUT2D eigenvalue weighted by atomic mass is 9.81. The second-order valence-corrected chi connectivity index (χ2v) is 13.3. The van der Waals surface area contributed by atoms with Crippen molar-refractivity contribution in [2.24, 2.45) is 0 Å². The Morgan fingerprint density at radius 3 is 2.56 bits per heavy atom. The zero-order chi connectivity index (χ0) is 32.2. The fourth-order valence-corrected chi connectivity index (χ4v) is 8.61. The van der Waals surface area contributed by atoms with Crippen molar-refractivity contribution < 1.29 is 0 Å². The first-order chi connectivity index (χ1) is 23.7. The van der Waals surface area contributed by atoms with Crippen molar-refractivity contribution in [1.82, 2.24) is 4.57 Å². The summed E-state index contributed by atoms with van der Waals surface area (Å²) in [5, 5.41) is 21.7. The number of hydrogen-bond acceptors (Lipinski definition) is 3. The number of aromatic nitrogens is 1. The highest BCUT2D eigenvalue weighted by atomic mass is 15.2. The van der Waals surface area contributed by atoms with Crippen molar-refractivity contribution in [3.05, 3.63) is 160 Å². The van der Waals surface area contributed by atoms with Gasteiger partial charge in [0.2, 0.25) is 0 Å². The Bertz CT molecular complexity index is 2330. The quantitative estimate of drug-likeness (QED) is 0.188. The molecule has 4 nitrogen and oxygen atoms in total. The number of anilines is 2. The van der Waals surface area contributed by atoms with Crippen molar-refractivity contribution in [1.29, 1.82) is 10.5 Å². The third-order valence-electron chi connectivity index (χ3n) is 10.8. The number of fused-ring (bicyclic) bond motifs is 6. The van der Waals surface area contributed by atoms with E-state index in [4.69, 9.17) is 0 Å². The van der Waals surface area contributed by atoms with E-state index in [0.717, 1.165) is 48.0 Å². The molecule has 3 atom stereocenters. The van der Waals surface area contributed by atoms with Crippen molar-refractivity contribution in [3.8, 4) is 17.8 Å². The van der Waals surface area contributed by atoms with E-state index in [1.54, 1.807) is 0 Å². The largest absolute Gasteiger partial charge is 0.337 e. The van der Waals surface area contributed by atoms with Gasteiger partial charge in [0.25, 0.3) is 0 Å². The van der Waals surface area contributed by atoms with Crippen LogP contribution < -0.4 is 4.90 Å². The molecule has 0 N–H and O–H groups in total. The fraction of sp³-hybridized carbons (Fsp3) is 0.182. The van der Waals surface area contributed by atoms with E-state index in [0.29, 0.717) is 29.5 Å². The fourth-order valence-electron chi connectivity index (χ4n) is 8.61. The van der Waals surface area contributed by atoms with Crippen LogP contribution in [0, 0.1) is 22.7 Å². The smallest absolute Gasteiger partial charge is 0.0994 e. The van der Waals surface area contributed by atoms with Crippen LogP contribution >= 0.6 is 0 Å². The van der Waals surface area contributed by atoms with Gasteiger partial charge >= 0.3 is 0 Å². The minimum absolute atomic E-state index is 0.0915. The summed E-state index contributed by atoms with van der Waals surface area (Å²) in [5.41, 5.74) is 13.1. The first-order valence-corrected chi connectivity index (χ1v) is 17.0. The Labute approximate surface area is 281 Å². The zero-order valence-electron chi connectivity index (χ0n) is 26.7. The molecule has 1 aliphatic heterocycles. The third kappa shape index (κ3) is 4.41. The number of para-hydroxylation sites is 2. The maximum absolute atomic E-state index is 10.4. The molecule has 0 saturated carbocycles. The van der Waals surface area contributed by atoms with Crippen LogP contribution in [0.15, 0.2) is 127 Å². The molecule has 0 bridgehead atoms. The Balaban J connectivity index is 1.14. The van der Waals surface area contributed by atoms with Gasteiger partial charge in [0.05, 0.1) is 34.5 Å². The predicted octanol–water partition coefficient (Wildman–Crippen LogP) is 10.4. The second-order valence-electron chi connectivity index (χ2n) is 13.3. The van der Waals surface area contributed by atoms with Crippen LogP contribution in [0.4, 0.5) is 11.4 Å². The van der Waals surface area contributed by atoms with Crippen molar-refractivity contribution >= 4 is 33.9 Å². The molecule has 230 valence electrons. The number of nitrogens with zero attached hydrogens (tertiary/aromatic N) is 4. The SMILES string of the molecule is N#CC1=C(c2cc(C#N)ccc2-n2c3c(c4ccccc42)C=CCC3)CC(c2cccc(N3c4ccccc4C4C=CCCC43)c2)C=C1. The topological polar surface area (TPSA) is 55.8 Å². The van der Waals surface area contributed by atoms with Gasteiger partial charge in [-0.25, -0.2) is 0 Å². The van der Waals surface area contributed by atoms with Crippen LogP contribution in [0.5, 0.6) is 0 Å². The highest BCUT2D eigenvalue weighted by Gasteiger charge is 2.38. The summed E-state index contributed by atoms with van der Waals surface area (Å²) < 4.78 is 2.38. The van der Waals surface area contributed by atoms with Crippen molar-refractivity contribution in [2.45, 2.75) is 50.0 Å². The standard InChI is InChI=1S/C44H34N4/c45-27-29-20-23-44(48-42-18-7-3-14-36(42)37-15-4-8-19-43(37)48)39(24-29)38-26-31(21-22-32(38)28-46)30-10-9-11-33(25-30)47-40-16-5-1-12-34(40)35-13-2-6-17-41(35)47/h1-5,7,9-16,18,20-25,31,35,41H,6,8,17,19,26H2. The molecule has 3 unspecified atom stereocenters. The van der Waals surface area contributed by atoms with Crippen LogP contribution in [0.1, 0.15) is 71.0 Å². The van der Waals surface area contributed by atoms with Gasteiger partial charge in [-0.15, -0.1) is 0 Å². The molecule has 3 aliphatic carbocycles. The van der Waals surface area contributed by atoms with Gasteiger partial charge in [-0.3, -0.25) is 0 Å². The van der Waals surface area contributed by atoms with E-state index in [1.807, 2.05) is 18.2 Å². The molecule has 4 aliphatic rings. The van der Waals surface area contributed by atoms with Crippen LogP contribution in [0.25, 0.3) is 28.2 Å². The minimum Gasteiger partial charge on any atom is -0.337 e. The summed E-state index contributed by atoms with van der Waals surface area (Å²) in [7, 11) is 0. The van der Waals surface area contributed by atoms with E-state index in [-0.39, 0.29) is 5.92 Å². The zero-order valence-corrected chi connectivity index (χ0v) is 26.7. The van der Waals surface area contributed by atoms with Gasteiger partial charge in [-0.2, -0.15) is 10.5 Å². The number of hydrogen-bond donors (Lipinski definition) is 0. The van der Waals surface area contributed by atoms with Gasteiger partial charge in [0, 0.05) is 51.5 Å². The van der Waals surface area contributed by atoms with Gasteiger partial charge in [0.15, 0.2) is 0 Å². The Hall–Kier alpha value is -5.84.